The van der Waals surface area contributed by atoms with Crippen molar-refractivity contribution >= 4 is 35.0 Å². The van der Waals surface area contributed by atoms with Crippen LogP contribution in [0.5, 0.6) is 11.5 Å². The number of ketones is 1. The Morgan fingerprint density at radius 1 is 0.742 bits per heavy atom. The highest BCUT2D eigenvalue weighted by Gasteiger charge is 2.16. The number of fused-ring (bicyclic) bond motifs is 2. The summed E-state index contributed by atoms with van der Waals surface area (Å²) >= 11 is 1.71. The number of nitrogens with one attached hydrogen (secondary N) is 1. The fourth-order valence-electron chi connectivity index (χ4n) is 3.33. The van der Waals surface area contributed by atoms with Gasteiger partial charge in [0.2, 0.25) is 0 Å². The number of anilines is 2. The minimum absolute atomic E-state index is 0.0296. The van der Waals surface area contributed by atoms with E-state index in [4.69, 9.17) is 4.74 Å². The third kappa shape index (κ3) is 4.39. The van der Waals surface area contributed by atoms with E-state index in [1.54, 1.807) is 17.8 Å². The molecule has 4 heteroatoms. The molecule has 3 nitrogen and oxygen atoms in total. The minimum atomic E-state index is -0.0296. The van der Waals surface area contributed by atoms with E-state index < -0.39 is 0 Å². The van der Waals surface area contributed by atoms with Crippen molar-refractivity contribution in [2.45, 2.75) is 9.79 Å². The summed E-state index contributed by atoms with van der Waals surface area (Å²) in [6.45, 7) is 0. The van der Waals surface area contributed by atoms with Crippen LogP contribution >= 0.6 is 11.8 Å². The molecule has 31 heavy (non-hydrogen) atoms. The molecule has 0 spiro atoms. The molecule has 0 unspecified atom stereocenters. The zero-order valence-corrected chi connectivity index (χ0v) is 17.4. The summed E-state index contributed by atoms with van der Waals surface area (Å²) in [5.74, 6) is 1.52. The van der Waals surface area contributed by atoms with Gasteiger partial charge in [0.1, 0.15) is 11.5 Å². The average Bonchev–Trinajstić information content (AvgIpc) is 2.82. The van der Waals surface area contributed by atoms with E-state index in [1.165, 1.54) is 4.90 Å². The molecule has 0 aromatic heterocycles. The topological polar surface area (TPSA) is 38.3 Å². The Hall–Kier alpha value is -3.76. The van der Waals surface area contributed by atoms with Crippen molar-refractivity contribution in [2.24, 2.45) is 0 Å². The first-order valence-corrected chi connectivity index (χ1v) is 10.8. The molecule has 0 saturated heterocycles. The first-order valence-electron chi connectivity index (χ1n) is 9.98. The fourth-order valence-corrected chi connectivity index (χ4v) is 4.30. The monoisotopic (exact) mass is 421 g/mol. The number of benzene rings is 4. The third-order valence-electron chi connectivity index (χ3n) is 4.93. The number of hydrogen-bond acceptors (Lipinski definition) is 4. The number of carbonyl (C=O) groups is 1. The van der Waals surface area contributed by atoms with Gasteiger partial charge in [0, 0.05) is 15.4 Å². The molecule has 0 bridgehead atoms. The third-order valence-corrected chi connectivity index (χ3v) is 6.08. The lowest BCUT2D eigenvalue weighted by Gasteiger charge is -2.20. The van der Waals surface area contributed by atoms with Crippen LogP contribution in [0.4, 0.5) is 11.4 Å². The normalized spacial score (nSPS) is 12.0. The van der Waals surface area contributed by atoms with Crippen molar-refractivity contribution in [2.75, 3.05) is 5.32 Å². The maximum atomic E-state index is 12.7. The molecule has 4 aromatic carbocycles. The number of hydrogen-bond donors (Lipinski definition) is 1. The highest BCUT2D eigenvalue weighted by Crippen LogP contribution is 2.44. The SMILES string of the molecule is O=C(/C=C/c1ccc(Oc2ccccc2)cc1)c1ccc2c(c1)Nc1ccccc1S2. The molecule has 0 amide bonds. The number of allylic oxidation sites excluding steroid dienone is 1. The second kappa shape index (κ2) is 8.54. The Bertz CT molecular complexity index is 1260. The molecule has 150 valence electrons. The molecule has 0 aliphatic carbocycles. The number of carbonyl (C=O) groups excluding carboxylic acids is 1. The van der Waals surface area contributed by atoms with Crippen LogP contribution in [-0.4, -0.2) is 5.78 Å². The van der Waals surface area contributed by atoms with Crippen molar-refractivity contribution in [3.63, 3.8) is 0 Å². The van der Waals surface area contributed by atoms with Crippen LogP contribution < -0.4 is 10.1 Å². The summed E-state index contributed by atoms with van der Waals surface area (Å²) in [5, 5.41) is 3.42. The van der Waals surface area contributed by atoms with Crippen LogP contribution in [0.15, 0.2) is 113 Å². The van der Waals surface area contributed by atoms with Gasteiger partial charge >= 0.3 is 0 Å². The van der Waals surface area contributed by atoms with Crippen LogP contribution in [0.3, 0.4) is 0 Å². The van der Waals surface area contributed by atoms with E-state index in [9.17, 15) is 4.79 Å². The van der Waals surface area contributed by atoms with E-state index in [1.807, 2.05) is 97.1 Å². The smallest absolute Gasteiger partial charge is 0.185 e. The van der Waals surface area contributed by atoms with E-state index >= 15 is 0 Å². The molecule has 0 saturated carbocycles. The second-order valence-corrected chi connectivity index (χ2v) is 8.20. The highest BCUT2D eigenvalue weighted by molar-refractivity contribution is 7.99. The van der Waals surface area contributed by atoms with E-state index in [0.717, 1.165) is 33.3 Å². The van der Waals surface area contributed by atoms with Gasteiger partial charge in [-0.3, -0.25) is 4.79 Å². The van der Waals surface area contributed by atoms with Crippen LogP contribution in [0.25, 0.3) is 6.08 Å². The zero-order chi connectivity index (χ0) is 21.0. The molecule has 0 fully saturated rings. The highest BCUT2D eigenvalue weighted by atomic mass is 32.2. The van der Waals surface area contributed by atoms with Crippen LogP contribution in [-0.2, 0) is 0 Å². The summed E-state index contributed by atoms with van der Waals surface area (Å²) in [6, 6.07) is 31.3. The van der Waals surface area contributed by atoms with Gasteiger partial charge in [-0.1, -0.05) is 60.3 Å². The Labute approximate surface area is 185 Å². The maximum Gasteiger partial charge on any atom is 0.185 e. The van der Waals surface area contributed by atoms with Crippen molar-refractivity contribution in [3.8, 4) is 11.5 Å². The first kappa shape index (κ1) is 19.2. The molecule has 1 aliphatic heterocycles. The molecule has 5 rings (SSSR count). The maximum absolute atomic E-state index is 12.7. The molecule has 0 radical (unpaired) electrons. The quantitative estimate of drug-likeness (QED) is 0.234. The Morgan fingerprint density at radius 2 is 1.45 bits per heavy atom. The van der Waals surface area contributed by atoms with Gasteiger partial charge in [-0.05, 0) is 66.2 Å². The lowest BCUT2D eigenvalue weighted by Crippen LogP contribution is -2.02. The van der Waals surface area contributed by atoms with Gasteiger partial charge in [-0.25, -0.2) is 0 Å². The van der Waals surface area contributed by atoms with Gasteiger partial charge in [-0.15, -0.1) is 0 Å². The van der Waals surface area contributed by atoms with Crippen molar-refractivity contribution in [1.29, 1.82) is 0 Å². The molecule has 1 aliphatic rings. The molecular formula is C27H19NO2S. The predicted octanol–water partition coefficient (Wildman–Crippen LogP) is 7.58. The van der Waals surface area contributed by atoms with E-state index in [0.29, 0.717) is 5.56 Å². The summed E-state index contributed by atoms with van der Waals surface area (Å²) in [4.78, 5) is 15.0. The van der Waals surface area contributed by atoms with Gasteiger partial charge in [0.15, 0.2) is 5.78 Å². The largest absolute Gasteiger partial charge is 0.457 e. The van der Waals surface area contributed by atoms with Crippen LogP contribution in [0, 0.1) is 0 Å². The van der Waals surface area contributed by atoms with Gasteiger partial charge in [0.25, 0.3) is 0 Å². The van der Waals surface area contributed by atoms with Crippen LogP contribution in [0.1, 0.15) is 15.9 Å². The van der Waals surface area contributed by atoms with E-state index in [-0.39, 0.29) is 5.78 Å². The standard InChI is InChI=1S/C27H19NO2S/c29-25(16-12-19-10-14-22(15-11-19)30-21-6-2-1-3-7-21)20-13-17-27-24(18-20)28-23-8-4-5-9-26(23)31-27/h1-18,28H/b16-12+. The summed E-state index contributed by atoms with van der Waals surface area (Å²) < 4.78 is 5.81. The number of para-hydroxylation sites is 2. The predicted molar refractivity (Wildman–Crippen MR) is 127 cm³/mol. The summed E-state index contributed by atoms with van der Waals surface area (Å²) in [6.07, 6.45) is 3.43. The second-order valence-electron chi connectivity index (χ2n) is 7.12. The van der Waals surface area contributed by atoms with Crippen LogP contribution in [0.2, 0.25) is 0 Å². The minimum Gasteiger partial charge on any atom is -0.457 e. The lowest BCUT2D eigenvalue weighted by molar-refractivity contribution is 0.104. The first-order chi connectivity index (χ1) is 15.2. The van der Waals surface area contributed by atoms with Gasteiger partial charge in [0.05, 0.1) is 11.4 Å². The fraction of sp³-hybridized carbons (Fsp3) is 0. The van der Waals surface area contributed by atoms with Gasteiger partial charge in [-0.2, -0.15) is 0 Å². The average molecular weight is 422 g/mol. The molecule has 4 aromatic rings. The van der Waals surface area contributed by atoms with E-state index in [2.05, 4.69) is 11.4 Å². The Balaban J connectivity index is 1.27. The molecule has 1 heterocycles. The van der Waals surface area contributed by atoms with Crippen molar-refractivity contribution in [1.82, 2.24) is 0 Å². The zero-order valence-electron chi connectivity index (χ0n) is 16.6. The molecular weight excluding hydrogens is 402 g/mol. The molecule has 1 N–H and O–H groups in total. The van der Waals surface area contributed by atoms with Crippen molar-refractivity contribution in [3.05, 3.63) is 114 Å². The van der Waals surface area contributed by atoms with Gasteiger partial charge < -0.3 is 10.1 Å². The van der Waals surface area contributed by atoms with Crippen molar-refractivity contribution < 1.29 is 9.53 Å². The summed E-state index contributed by atoms with van der Waals surface area (Å²) in [7, 11) is 0. The molecule has 0 atom stereocenters. The summed E-state index contributed by atoms with van der Waals surface area (Å²) in [5.41, 5.74) is 3.63. The number of rotatable bonds is 5. The number of ether oxygens (including phenoxy) is 1. The Kier molecular flexibility index (Phi) is 5.29. The lowest BCUT2D eigenvalue weighted by atomic mass is 10.1. The Morgan fingerprint density at radius 3 is 2.29 bits per heavy atom.